The Hall–Kier alpha value is -0.210. The van der Waals surface area contributed by atoms with Crippen molar-refractivity contribution in [1.82, 2.24) is 0 Å². The van der Waals surface area contributed by atoms with Crippen molar-refractivity contribution in [3.63, 3.8) is 0 Å². The fraction of sp³-hybridized carbons (Fsp3) is 1.00. The van der Waals surface area contributed by atoms with Crippen molar-refractivity contribution in [3.8, 4) is 0 Å². The Bertz CT molecular complexity index is 626. The van der Waals surface area contributed by atoms with E-state index in [-0.39, 0.29) is 67.0 Å². The van der Waals surface area contributed by atoms with Crippen molar-refractivity contribution in [3.05, 3.63) is 0 Å². The average Bonchev–Trinajstić information content (AvgIpc) is 3.03. The number of hydrogen-bond donors (Lipinski definition) is 1. The predicted octanol–water partition coefficient (Wildman–Crippen LogP) is 1.17. The number of rotatable bonds is 18. The zero-order valence-corrected chi connectivity index (χ0v) is 27.3. The SMILES string of the molecule is CC1OCC(OCC(COC2COC(C)OC2)OCC(S)COC(COC2COC(C)OC2)COC2COC(C)OC2)CO1. The topological polar surface area (TPSA) is 129 Å². The van der Waals surface area contributed by atoms with Gasteiger partial charge in [0.1, 0.15) is 36.6 Å². The highest BCUT2D eigenvalue weighted by molar-refractivity contribution is 7.81. The maximum absolute atomic E-state index is 6.19. The van der Waals surface area contributed by atoms with Crippen molar-refractivity contribution < 1.29 is 66.3 Å². The summed E-state index contributed by atoms with van der Waals surface area (Å²) in [6.45, 7) is 13.0. The third-order valence-corrected chi connectivity index (χ3v) is 7.55. The van der Waals surface area contributed by atoms with Crippen LogP contribution >= 0.6 is 12.6 Å². The highest BCUT2D eigenvalue weighted by atomic mass is 32.1. The van der Waals surface area contributed by atoms with E-state index < -0.39 is 0 Å². The first-order valence-corrected chi connectivity index (χ1v) is 16.1. The van der Waals surface area contributed by atoms with Crippen LogP contribution < -0.4 is 0 Å². The van der Waals surface area contributed by atoms with Crippen LogP contribution in [0.4, 0.5) is 0 Å². The highest BCUT2D eigenvalue weighted by Gasteiger charge is 2.27. The molecule has 0 aliphatic carbocycles. The Morgan fingerprint density at radius 1 is 0.432 bits per heavy atom. The Morgan fingerprint density at radius 3 is 0.886 bits per heavy atom. The third kappa shape index (κ3) is 14.3. The third-order valence-electron chi connectivity index (χ3n) is 7.25. The molecule has 0 aromatic heterocycles. The van der Waals surface area contributed by atoms with Crippen LogP contribution in [-0.2, 0) is 66.3 Å². The van der Waals surface area contributed by atoms with Crippen molar-refractivity contribution in [2.45, 2.75) is 94.7 Å². The lowest BCUT2D eigenvalue weighted by molar-refractivity contribution is -0.234. The van der Waals surface area contributed by atoms with Gasteiger partial charge in [0.05, 0.1) is 92.5 Å². The van der Waals surface area contributed by atoms with Crippen LogP contribution in [0.1, 0.15) is 27.7 Å². The van der Waals surface area contributed by atoms with Gasteiger partial charge in [-0.2, -0.15) is 12.6 Å². The maximum Gasteiger partial charge on any atom is 0.155 e. The summed E-state index contributed by atoms with van der Waals surface area (Å²) in [5.74, 6) is 0. The molecular weight excluding hydrogens is 604 g/mol. The molecule has 4 heterocycles. The van der Waals surface area contributed by atoms with E-state index >= 15 is 0 Å². The summed E-state index contributed by atoms with van der Waals surface area (Å²) in [6.07, 6.45) is -2.35. The normalized spacial score (nSPS) is 35.7. The second-order valence-corrected chi connectivity index (χ2v) is 12.1. The van der Waals surface area contributed by atoms with E-state index in [0.717, 1.165) is 0 Å². The van der Waals surface area contributed by atoms with E-state index in [0.29, 0.717) is 92.5 Å². The van der Waals surface area contributed by atoms with Crippen molar-refractivity contribution >= 4 is 12.6 Å². The Morgan fingerprint density at radius 2 is 0.659 bits per heavy atom. The number of thiol groups is 1. The van der Waals surface area contributed by atoms with Gasteiger partial charge in [0.25, 0.3) is 0 Å². The molecule has 15 heteroatoms. The largest absolute Gasteiger partial charge is 0.372 e. The van der Waals surface area contributed by atoms with Crippen LogP contribution in [0.25, 0.3) is 0 Å². The van der Waals surface area contributed by atoms with Gasteiger partial charge in [0.2, 0.25) is 0 Å². The first-order valence-electron chi connectivity index (χ1n) is 15.6. The van der Waals surface area contributed by atoms with Gasteiger partial charge >= 0.3 is 0 Å². The van der Waals surface area contributed by atoms with Crippen LogP contribution in [0.5, 0.6) is 0 Å². The van der Waals surface area contributed by atoms with Crippen molar-refractivity contribution in [1.29, 1.82) is 0 Å². The van der Waals surface area contributed by atoms with E-state index in [4.69, 9.17) is 78.9 Å². The first kappa shape index (κ1) is 36.6. The lowest BCUT2D eigenvalue weighted by atomic mass is 10.3. The summed E-state index contributed by atoms with van der Waals surface area (Å²) in [7, 11) is 0. The van der Waals surface area contributed by atoms with E-state index in [1.807, 2.05) is 27.7 Å². The first-order chi connectivity index (χ1) is 21.3. The Labute approximate surface area is 266 Å². The lowest BCUT2D eigenvalue weighted by Gasteiger charge is -2.31. The van der Waals surface area contributed by atoms with E-state index in [9.17, 15) is 0 Å². The highest BCUT2D eigenvalue weighted by Crippen LogP contribution is 2.15. The molecule has 4 aliphatic heterocycles. The molecule has 0 atom stereocenters. The second-order valence-electron chi connectivity index (χ2n) is 11.3. The minimum absolute atomic E-state index is 0.179. The zero-order chi connectivity index (χ0) is 31.1. The van der Waals surface area contributed by atoms with Gasteiger partial charge < -0.3 is 66.3 Å². The molecule has 0 unspecified atom stereocenters. The summed E-state index contributed by atoms with van der Waals surface area (Å²) >= 11 is 4.72. The van der Waals surface area contributed by atoms with Gasteiger partial charge in [-0.1, -0.05) is 0 Å². The van der Waals surface area contributed by atoms with Crippen LogP contribution in [-0.4, -0.2) is 160 Å². The fourth-order valence-corrected chi connectivity index (χ4v) is 4.69. The molecule has 0 aromatic rings. The molecule has 4 aliphatic rings. The number of hydrogen-bond acceptors (Lipinski definition) is 15. The van der Waals surface area contributed by atoms with Gasteiger partial charge in [-0.05, 0) is 27.7 Å². The molecule has 4 rings (SSSR count). The quantitative estimate of drug-likeness (QED) is 0.212. The molecule has 0 saturated carbocycles. The van der Waals surface area contributed by atoms with Gasteiger partial charge in [0, 0.05) is 5.25 Å². The molecule has 0 spiro atoms. The molecule has 14 nitrogen and oxygen atoms in total. The van der Waals surface area contributed by atoms with Gasteiger partial charge in [-0.3, -0.25) is 0 Å². The van der Waals surface area contributed by atoms with Gasteiger partial charge in [-0.15, -0.1) is 0 Å². The molecule has 0 radical (unpaired) electrons. The Kier molecular flexibility index (Phi) is 16.8. The summed E-state index contributed by atoms with van der Waals surface area (Å²) in [6, 6.07) is 0. The van der Waals surface area contributed by atoms with E-state index in [1.54, 1.807) is 0 Å². The molecular formula is C29H52O14S. The van der Waals surface area contributed by atoms with Gasteiger partial charge in [-0.25, -0.2) is 0 Å². The summed E-state index contributed by atoms with van der Waals surface area (Å²) in [5.41, 5.74) is 0. The molecule has 0 aromatic carbocycles. The monoisotopic (exact) mass is 656 g/mol. The van der Waals surface area contributed by atoms with Crippen LogP contribution in [0.3, 0.4) is 0 Å². The van der Waals surface area contributed by atoms with E-state index in [1.165, 1.54) is 0 Å². The molecule has 0 N–H and O–H groups in total. The van der Waals surface area contributed by atoms with Crippen LogP contribution in [0, 0.1) is 0 Å². The fourth-order valence-electron chi connectivity index (χ4n) is 4.52. The minimum atomic E-state index is -0.354. The smallest absolute Gasteiger partial charge is 0.155 e. The second kappa shape index (κ2) is 20.2. The lowest BCUT2D eigenvalue weighted by Crippen LogP contribution is -2.42. The standard InChI is InChI=1S/C29H52O14S/c1-19-30-5-23(6-31-19)38-13-27(14-39-24-7-32-20(2)33-8-24)42-17-29(44)18-43-28(15-40-25-9-34-21(3)35-10-25)16-41-26-11-36-22(4)37-12-26/h19-29,44H,5-18H2,1-4H3. The molecule has 258 valence electrons. The summed E-state index contributed by atoms with van der Waals surface area (Å²) in [5, 5.41) is -0.228. The molecule has 4 saturated heterocycles. The summed E-state index contributed by atoms with van der Waals surface area (Å²) < 4.78 is 80.8. The Balaban J connectivity index is 1.21. The molecule has 0 bridgehead atoms. The maximum atomic E-state index is 6.19. The molecule has 44 heavy (non-hydrogen) atoms. The number of ether oxygens (including phenoxy) is 14. The van der Waals surface area contributed by atoms with E-state index in [2.05, 4.69) is 0 Å². The molecule has 0 amide bonds. The minimum Gasteiger partial charge on any atom is -0.372 e. The average molecular weight is 657 g/mol. The predicted molar refractivity (Wildman–Crippen MR) is 157 cm³/mol. The van der Waals surface area contributed by atoms with Crippen molar-refractivity contribution in [2.75, 3.05) is 92.5 Å². The van der Waals surface area contributed by atoms with Crippen LogP contribution in [0.2, 0.25) is 0 Å². The molecule has 4 fully saturated rings. The van der Waals surface area contributed by atoms with Crippen LogP contribution in [0.15, 0.2) is 0 Å². The van der Waals surface area contributed by atoms with Crippen molar-refractivity contribution in [2.24, 2.45) is 0 Å². The van der Waals surface area contributed by atoms with Gasteiger partial charge in [0.15, 0.2) is 25.2 Å². The summed E-state index contributed by atoms with van der Waals surface area (Å²) in [4.78, 5) is 0. The zero-order valence-electron chi connectivity index (χ0n) is 26.4.